The fourth-order valence-electron chi connectivity index (χ4n) is 5.00. The van der Waals surface area contributed by atoms with Crippen LogP contribution in [-0.2, 0) is 12.1 Å². The van der Waals surface area contributed by atoms with Gasteiger partial charge in [0.2, 0.25) is 11.8 Å². The van der Waals surface area contributed by atoms with Crippen LogP contribution in [0.3, 0.4) is 0 Å². The van der Waals surface area contributed by atoms with E-state index in [0.717, 1.165) is 0 Å². The molecule has 4 aromatic rings. The summed E-state index contributed by atoms with van der Waals surface area (Å²) in [6.07, 6.45) is 7.24. The molecular weight excluding hydrogens is 523 g/mol. The van der Waals surface area contributed by atoms with Crippen molar-refractivity contribution in [1.82, 2.24) is 19.9 Å². The number of aliphatic hydroxyl groups is 1. The van der Waals surface area contributed by atoms with Crippen LogP contribution >= 0.6 is 11.8 Å². The maximum atomic E-state index is 15.0. The first-order chi connectivity index (χ1) is 18.2. The molecule has 38 heavy (non-hydrogen) atoms. The third-order valence-electron chi connectivity index (χ3n) is 6.80. The van der Waals surface area contributed by atoms with Crippen molar-refractivity contribution in [1.29, 1.82) is 0 Å². The van der Waals surface area contributed by atoms with Crippen LogP contribution in [0.2, 0.25) is 0 Å². The van der Waals surface area contributed by atoms with Gasteiger partial charge in [-0.25, -0.2) is 28.7 Å². The Morgan fingerprint density at radius 3 is 2.79 bits per heavy atom. The molecule has 0 amide bonds. The molecule has 1 unspecified atom stereocenters. The number of amidine groups is 1. The highest BCUT2D eigenvalue weighted by atomic mass is 32.2. The number of anilines is 2. The van der Waals surface area contributed by atoms with Crippen LogP contribution in [0.4, 0.5) is 24.7 Å². The number of thioether (sulfide) groups is 1. The molecule has 1 aliphatic heterocycles. The number of ether oxygens (including phenoxy) is 1. The highest BCUT2D eigenvalue weighted by Crippen LogP contribution is 2.74. The van der Waals surface area contributed by atoms with E-state index in [0.29, 0.717) is 40.1 Å². The first kappa shape index (κ1) is 24.4. The lowest BCUT2D eigenvalue weighted by molar-refractivity contribution is 0.0684. The molecule has 0 aromatic carbocycles. The standard InChI is InChI=1S/C24H20F3N7O3S/c1-22(20-23(11-35,24(20,26)27)38-21(28)34-22)15-7-13(8-32-18(15)25)33-19-17-12(2-3-30-19)6-14(9-31-17)37-10-16-29-4-5-36-16/h2-9,20,35H,10-11H2,1H3,(H2,28,34)(H,30,33)/t20?,22-,23-/m1/s1. The van der Waals surface area contributed by atoms with E-state index in [9.17, 15) is 18.3 Å². The average molecular weight is 544 g/mol. The van der Waals surface area contributed by atoms with Crippen molar-refractivity contribution in [2.45, 2.75) is 29.7 Å². The van der Waals surface area contributed by atoms with Gasteiger partial charge in [-0.15, -0.1) is 0 Å². The Morgan fingerprint density at radius 2 is 2.03 bits per heavy atom. The summed E-state index contributed by atoms with van der Waals surface area (Å²) in [5.41, 5.74) is 4.68. The number of aromatic nitrogens is 4. The molecule has 5 heterocycles. The lowest BCUT2D eigenvalue weighted by atomic mass is 9.86. The number of nitrogens with one attached hydrogen (secondary N) is 1. The molecule has 14 heteroatoms. The molecule has 4 aromatic heterocycles. The molecule has 0 bridgehead atoms. The van der Waals surface area contributed by atoms with E-state index in [-0.39, 0.29) is 23.0 Å². The predicted octanol–water partition coefficient (Wildman–Crippen LogP) is 3.75. The molecule has 0 spiro atoms. The zero-order valence-electron chi connectivity index (χ0n) is 19.7. The van der Waals surface area contributed by atoms with Gasteiger partial charge in [0.25, 0.3) is 5.92 Å². The van der Waals surface area contributed by atoms with Crippen molar-refractivity contribution in [3.05, 3.63) is 66.7 Å². The van der Waals surface area contributed by atoms with Crippen molar-refractivity contribution in [3.8, 4) is 5.75 Å². The number of halogens is 3. The van der Waals surface area contributed by atoms with Crippen LogP contribution in [0.1, 0.15) is 18.4 Å². The topological polar surface area (TPSA) is 145 Å². The second-order valence-corrected chi connectivity index (χ2v) is 10.5. The zero-order valence-corrected chi connectivity index (χ0v) is 20.5. The summed E-state index contributed by atoms with van der Waals surface area (Å²) in [6, 6.07) is 4.84. The van der Waals surface area contributed by atoms with E-state index in [1.54, 1.807) is 18.3 Å². The third-order valence-corrected chi connectivity index (χ3v) is 8.10. The van der Waals surface area contributed by atoms with Crippen LogP contribution in [0.25, 0.3) is 10.9 Å². The highest BCUT2D eigenvalue weighted by Gasteiger charge is 2.87. The Labute approximate surface area is 217 Å². The number of fused-ring (bicyclic) bond motifs is 2. The van der Waals surface area contributed by atoms with Crippen LogP contribution < -0.4 is 15.8 Å². The summed E-state index contributed by atoms with van der Waals surface area (Å²) >= 11 is 0.617. The second-order valence-electron chi connectivity index (χ2n) is 9.11. The summed E-state index contributed by atoms with van der Waals surface area (Å²) < 4.78 is 53.8. The largest absolute Gasteiger partial charge is 0.482 e. The van der Waals surface area contributed by atoms with Crippen molar-refractivity contribution >= 4 is 39.3 Å². The second kappa shape index (κ2) is 8.56. The minimum atomic E-state index is -3.31. The van der Waals surface area contributed by atoms with Crippen LogP contribution in [0, 0.1) is 11.9 Å². The summed E-state index contributed by atoms with van der Waals surface area (Å²) in [5, 5.41) is 13.4. The van der Waals surface area contributed by atoms with Crippen LogP contribution in [0.5, 0.6) is 5.75 Å². The van der Waals surface area contributed by atoms with E-state index >= 15 is 0 Å². The van der Waals surface area contributed by atoms with Crippen molar-refractivity contribution in [3.63, 3.8) is 0 Å². The smallest absolute Gasteiger partial charge is 0.272 e. The molecule has 4 N–H and O–H groups in total. The summed E-state index contributed by atoms with van der Waals surface area (Å²) in [4.78, 5) is 20.7. The first-order valence-electron chi connectivity index (χ1n) is 11.4. The van der Waals surface area contributed by atoms with E-state index in [1.807, 2.05) is 0 Å². The third kappa shape index (κ3) is 3.66. The number of pyridine rings is 3. The van der Waals surface area contributed by atoms with Crippen LogP contribution in [-0.4, -0.2) is 47.5 Å². The predicted molar refractivity (Wildman–Crippen MR) is 133 cm³/mol. The maximum absolute atomic E-state index is 15.0. The van der Waals surface area contributed by atoms with E-state index in [1.165, 1.54) is 37.8 Å². The van der Waals surface area contributed by atoms with Gasteiger partial charge in [-0.3, -0.25) is 4.99 Å². The number of rotatable bonds is 7. The van der Waals surface area contributed by atoms with Gasteiger partial charge in [0, 0.05) is 17.1 Å². The van der Waals surface area contributed by atoms with Crippen molar-refractivity contribution in [2.75, 3.05) is 11.9 Å². The fourth-order valence-corrected chi connectivity index (χ4v) is 6.37. The molecule has 3 atom stereocenters. The van der Waals surface area contributed by atoms with E-state index < -0.39 is 34.7 Å². The SMILES string of the molecule is C[C@]1(c2cc(Nc3nccc4cc(OCc5ncco5)cnc34)cnc2F)N=C(N)S[C@]2(CO)C1C2(F)F. The van der Waals surface area contributed by atoms with Gasteiger partial charge >= 0.3 is 0 Å². The quantitative estimate of drug-likeness (QED) is 0.295. The molecule has 0 radical (unpaired) electrons. The Kier molecular flexibility index (Phi) is 5.50. The van der Waals surface area contributed by atoms with Gasteiger partial charge < -0.3 is 25.3 Å². The highest BCUT2D eigenvalue weighted by molar-refractivity contribution is 8.15. The normalized spacial score (nSPS) is 25.5. The van der Waals surface area contributed by atoms with Gasteiger partial charge in [0.15, 0.2) is 17.6 Å². The van der Waals surface area contributed by atoms with Gasteiger partial charge in [0.05, 0.1) is 36.8 Å². The maximum Gasteiger partial charge on any atom is 0.272 e. The lowest BCUT2D eigenvalue weighted by Crippen LogP contribution is -2.37. The molecular formula is C24H20F3N7O3S. The van der Waals surface area contributed by atoms with Gasteiger partial charge in [0.1, 0.15) is 27.8 Å². The van der Waals surface area contributed by atoms with Gasteiger partial charge in [-0.2, -0.15) is 4.39 Å². The molecule has 1 saturated carbocycles. The molecule has 1 aliphatic carbocycles. The lowest BCUT2D eigenvalue weighted by Gasteiger charge is -2.31. The number of oxazole rings is 1. The van der Waals surface area contributed by atoms with E-state index in [2.05, 4.69) is 30.2 Å². The number of hydrogen-bond acceptors (Lipinski definition) is 11. The van der Waals surface area contributed by atoms with E-state index in [4.69, 9.17) is 14.9 Å². The average Bonchev–Trinajstić information content (AvgIpc) is 3.19. The molecule has 2 aliphatic rings. The summed E-state index contributed by atoms with van der Waals surface area (Å²) in [5.74, 6) is -4.52. The Bertz CT molecular complexity index is 1570. The Hall–Kier alpha value is -3.91. The summed E-state index contributed by atoms with van der Waals surface area (Å²) in [6.45, 7) is 0.669. The minimum absolute atomic E-state index is 0.127. The number of aliphatic imine (C=N–C) groups is 1. The molecule has 10 nitrogen and oxygen atoms in total. The number of hydrogen-bond donors (Lipinski definition) is 3. The fraction of sp³-hybridized carbons (Fsp3) is 0.292. The number of nitrogens with zero attached hydrogens (tertiary/aromatic N) is 5. The van der Waals surface area contributed by atoms with Crippen molar-refractivity contribution in [2.24, 2.45) is 16.6 Å². The van der Waals surface area contributed by atoms with Gasteiger partial charge in [-0.1, -0.05) is 11.8 Å². The summed E-state index contributed by atoms with van der Waals surface area (Å²) in [7, 11) is 0. The van der Waals surface area contributed by atoms with Crippen molar-refractivity contribution < 1.29 is 27.4 Å². The molecule has 0 saturated heterocycles. The minimum Gasteiger partial charge on any atom is -0.482 e. The molecule has 6 rings (SSSR count). The number of alkyl halides is 2. The van der Waals surface area contributed by atoms with Crippen LogP contribution in [0.15, 0.2) is 58.7 Å². The molecule has 1 fully saturated rings. The first-order valence-corrected chi connectivity index (χ1v) is 12.2. The monoisotopic (exact) mass is 543 g/mol. The Morgan fingerprint density at radius 1 is 1.18 bits per heavy atom. The number of aliphatic hydroxyl groups excluding tert-OH is 1. The zero-order chi connectivity index (χ0) is 26.7. The molecule has 196 valence electrons. The Balaban J connectivity index is 1.31. The number of nitrogens with two attached hydrogens (primary N) is 1. The van der Waals surface area contributed by atoms with Gasteiger partial charge in [-0.05, 0) is 25.1 Å².